The van der Waals surface area contributed by atoms with Crippen molar-refractivity contribution in [1.29, 1.82) is 0 Å². The maximum atomic E-state index is 5.15. The molecule has 1 aliphatic heterocycles. The van der Waals surface area contributed by atoms with E-state index in [2.05, 4.69) is 17.4 Å². The van der Waals surface area contributed by atoms with Gasteiger partial charge in [0.2, 0.25) is 0 Å². The molecule has 2 nitrogen and oxygen atoms in total. The Morgan fingerprint density at radius 3 is 2.92 bits per heavy atom. The molecule has 1 heterocycles. The summed E-state index contributed by atoms with van der Waals surface area (Å²) in [6, 6.07) is 6.31. The summed E-state index contributed by atoms with van der Waals surface area (Å²) in [6.07, 6.45) is 1.14. The molecule has 0 saturated carbocycles. The van der Waals surface area contributed by atoms with Gasteiger partial charge in [-0.05, 0) is 36.2 Å². The number of nitrogens with one attached hydrogen (secondary N) is 1. The maximum absolute atomic E-state index is 5.15. The standard InChI is InChI=1S/C10H13NO.ClH/c1-12-10-3-2-8-4-5-11-7-9(8)6-10;/h2-3,6,11H,4-5,7H2,1H3;1H. The minimum atomic E-state index is 0. The van der Waals surface area contributed by atoms with Crippen molar-refractivity contribution < 1.29 is 4.74 Å². The lowest BCUT2D eigenvalue weighted by molar-refractivity contribution is 0.413. The molecule has 2 rings (SSSR count). The normalized spacial score (nSPS) is 14.2. The van der Waals surface area contributed by atoms with Gasteiger partial charge in [0, 0.05) is 6.54 Å². The van der Waals surface area contributed by atoms with Crippen LogP contribution in [0.1, 0.15) is 11.1 Å². The van der Waals surface area contributed by atoms with Gasteiger partial charge >= 0.3 is 0 Å². The Hall–Kier alpha value is -0.730. The summed E-state index contributed by atoms with van der Waals surface area (Å²) in [5.74, 6) is 0.956. The van der Waals surface area contributed by atoms with E-state index in [1.807, 2.05) is 6.07 Å². The van der Waals surface area contributed by atoms with E-state index in [1.165, 1.54) is 11.1 Å². The lowest BCUT2D eigenvalue weighted by atomic mass is 10.0. The summed E-state index contributed by atoms with van der Waals surface area (Å²) in [6.45, 7) is 2.08. The highest BCUT2D eigenvalue weighted by molar-refractivity contribution is 5.85. The Kier molecular flexibility index (Phi) is 3.58. The van der Waals surface area contributed by atoms with E-state index >= 15 is 0 Å². The highest BCUT2D eigenvalue weighted by Crippen LogP contribution is 2.19. The van der Waals surface area contributed by atoms with Crippen LogP contribution in [-0.4, -0.2) is 13.7 Å². The number of hydrogen-bond acceptors (Lipinski definition) is 2. The lowest BCUT2D eigenvalue weighted by Gasteiger charge is -2.17. The zero-order valence-electron chi connectivity index (χ0n) is 7.67. The van der Waals surface area contributed by atoms with Crippen LogP contribution < -0.4 is 10.1 Å². The molecule has 0 fully saturated rings. The molecule has 0 bridgehead atoms. The Labute approximate surface area is 84.7 Å². The van der Waals surface area contributed by atoms with Crippen molar-refractivity contribution in [1.82, 2.24) is 5.32 Å². The smallest absolute Gasteiger partial charge is 0.119 e. The summed E-state index contributed by atoms with van der Waals surface area (Å²) < 4.78 is 5.15. The van der Waals surface area contributed by atoms with Crippen molar-refractivity contribution in [2.24, 2.45) is 0 Å². The zero-order valence-corrected chi connectivity index (χ0v) is 8.49. The molecule has 1 aromatic carbocycles. The molecule has 72 valence electrons. The van der Waals surface area contributed by atoms with Crippen LogP contribution in [0.25, 0.3) is 0 Å². The van der Waals surface area contributed by atoms with Gasteiger partial charge in [0.05, 0.1) is 7.11 Å². The first-order chi connectivity index (χ1) is 5.90. The van der Waals surface area contributed by atoms with E-state index < -0.39 is 0 Å². The Morgan fingerprint density at radius 1 is 1.31 bits per heavy atom. The fraction of sp³-hybridized carbons (Fsp3) is 0.400. The van der Waals surface area contributed by atoms with Crippen LogP contribution in [0.4, 0.5) is 0 Å². The quantitative estimate of drug-likeness (QED) is 0.745. The Balaban J connectivity index is 0.000000845. The Morgan fingerprint density at radius 2 is 2.15 bits per heavy atom. The average molecular weight is 200 g/mol. The van der Waals surface area contributed by atoms with Crippen molar-refractivity contribution in [2.75, 3.05) is 13.7 Å². The highest BCUT2D eigenvalue weighted by Gasteiger charge is 2.08. The third-order valence-corrected chi connectivity index (χ3v) is 2.30. The van der Waals surface area contributed by atoms with Crippen LogP contribution in [0, 0.1) is 0 Å². The molecule has 1 N–H and O–H groups in total. The number of ether oxygens (including phenoxy) is 1. The van der Waals surface area contributed by atoms with E-state index in [-0.39, 0.29) is 12.4 Å². The minimum absolute atomic E-state index is 0. The molecule has 13 heavy (non-hydrogen) atoms. The van der Waals surface area contributed by atoms with Crippen molar-refractivity contribution in [2.45, 2.75) is 13.0 Å². The molecule has 0 unspecified atom stereocenters. The second-order valence-corrected chi connectivity index (χ2v) is 3.06. The van der Waals surface area contributed by atoms with Gasteiger partial charge in [-0.15, -0.1) is 12.4 Å². The number of fused-ring (bicyclic) bond motifs is 1. The molecule has 0 amide bonds. The van der Waals surface area contributed by atoms with Gasteiger partial charge in [0.1, 0.15) is 5.75 Å². The number of hydrogen-bond donors (Lipinski definition) is 1. The molecule has 0 saturated heterocycles. The van der Waals surface area contributed by atoms with E-state index in [1.54, 1.807) is 7.11 Å². The summed E-state index contributed by atoms with van der Waals surface area (Å²) in [7, 11) is 1.71. The Bertz CT molecular complexity index is 288. The number of halogens is 1. The number of benzene rings is 1. The van der Waals surface area contributed by atoms with Crippen LogP contribution in [0.15, 0.2) is 18.2 Å². The van der Waals surface area contributed by atoms with E-state index in [0.717, 1.165) is 25.3 Å². The fourth-order valence-electron chi connectivity index (χ4n) is 1.58. The van der Waals surface area contributed by atoms with Crippen molar-refractivity contribution in [3.05, 3.63) is 29.3 Å². The van der Waals surface area contributed by atoms with Crippen molar-refractivity contribution >= 4 is 12.4 Å². The highest BCUT2D eigenvalue weighted by atomic mass is 35.5. The second-order valence-electron chi connectivity index (χ2n) is 3.06. The summed E-state index contributed by atoms with van der Waals surface area (Å²) in [5.41, 5.74) is 2.83. The van der Waals surface area contributed by atoms with Crippen LogP contribution in [-0.2, 0) is 13.0 Å². The molecule has 0 radical (unpaired) electrons. The maximum Gasteiger partial charge on any atom is 0.119 e. The largest absolute Gasteiger partial charge is 0.497 e. The first-order valence-electron chi connectivity index (χ1n) is 4.26. The molecular weight excluding hydrogens is 186 g/mol. The molecule has 0 atom stereocenters. The monoisotopic (exact) mass is 199 g/mol. The average Bonchev–Trinajstić information content (AvgIpc) is 2.17. The summed E-state index contributed by atoms with van der Waals surface area (Å²) >= 11 is 0. The van der Waals surface area contributed by atoms with Crippen LogP contribution in [0.2, 0.25) is 0 Å². The van der Waals surface area contributed by atoms with Crippen LogP contribution in [0.5, 0.6) is 5.75 Å². The topological polar surface area (TPSA) is 21.3 Å². The summed E-state index contributed by atoms with van der Waals surface area (Å²) in [5, 5.41) is 3.34. The number of methoxy groups -OCH3 is 1. The molecule has 1 aliphatic rings. The predicted molar refractivity (Wildman–Crippen MR) is 55.7 cm³/mol. The molecule has 3 heteroatoms. The van der Waals surface area contributed by atoms with Crippen molar-refractivity contribution in [3.8, 4) is 5.75 Å². The van der Waals surface area contributed by atoms with Gasteiger partial charge in [-0.2, -0.15) is 0 Å². The third kappa shape index (κ3) is 2.14. The van der Waals surface area contributed by atoms with Gasteiger partial charge in [0.25, 0.3) is 0 Å². The minimum Gasteiger partial charge on any atom is -0.497 e. The van der Waals surface area contributed by atoms with Crippen LogP contribution in [0.3, 0.4) is 0 Å². The first-order valence-corrected chi connectivity index (χ1v) is 4.26. The lowest BCUT2D eigenvalue weighted by Crippen LogP contribution is -2.23. The fourth-order valence-corrected chi connectivity index (χ4v) is 1.58. The third-order valence-electron chi connectivity index (χ3n) is 2.30. The molecule has 1 aromatic rings. The van der Waals surface area contributed by atoms with Gasteiger partial charge in [-0.25, -0.2) is 0 Å². The van der Waals surface area contributed by atoms with Gasteiger partial charge in [-0.3, -0.25) is 0 Å². The SMILES string of the molecule is COc1ccc2c(c1)CNCC2.Cl. The van der Waals surface area contributed by atoms with Gasteiger partial charge in [-0.1, -0.05) is 6.07 Å². The van der Waals surface area contributed by atoms with Gasteiger partial charge < -0.3 is 10.1 Å². The number of rotatable bonds is 1. The molecule has 0 aliphatic carbocycles. The summed E-state index contributed by atoms with van der Waals surface area (Å²) in [4.78, 5) is 0. The zero-order chi connectivity index (χ0) is 8.39. The van der Waals surface area contributed by atoms with E-state index in [0.29, 0.717) is 0 Å². The molecular formula is C10H14ClNO. The van der Waals surface area contributed by atoms with Gasteiger partial charge in [0.15, 0.2) is 0 Å². The second kappa shape index (κ2) is 4.49. The van der Waals surface area contributed by atoms with E-state index in [4.69, 9.17) is 4.74 Å². The predicted octanol–water partition coefficient (Wildman–Crippen LogP) is 1.76. The first kappa shape index (κ1) is 10.4. The van der Waals surface area contributed by atoms with Crippen LogP contribution >= 0.6 is 12.4 Å². The molecule has 0 spiro atoms. The van der Waals surface area contributed by atoms with E-state index in [9.17, 15) is 0 Å². The molecule has 0 aromatic heterocycles. The van der Waals surface area contributed by atoms with Crippen molar-refractivity contribution in [3.63, 3.8) is 0 Å².